The molecule has 0 saturated heterocycles. The van der Waals surface area contributed by atoms with Gasteiger partial charge in [0.2, 0.25) is 0 Å². The molecule has 0 unspecified atom stereocenters. The van der Waals surface area contributed by atoms with Gasteiger partial charge in [0.15, 0.2) is 0 Å². The number of aromatic nitrogens is 2. The number of benzene rings is 1. The highest BCUT2D eigenvalue weighted by molar-refractivity contribution is 7.83. The topological polar surface area (TPSA) is 64.0 Å². The first-order valence-electron chi connectivity index (χ1n) is 7.29. The van der Waals surface area contributed by atoms with Gasteiger partial charge in [0.25, 0.3) is 5.91 Å². The van der Waals surface area contributed by atoms with E-state index < -0.39 is 22.5 Å². The Labute approximate surface area is 136 Å². The molecule has 0 fully saturated rings. The molecule has 0 spiro atoms. The number of carbonyl (C=O) groups is 1. The first kappa shape index (κ1) is 15.9. The van der Waals surface area contributed by atoms with E-state index in [4.69, 9.17) is 0 Å². The van der Waals surface area contributed by atoms with E-state index in [9.17, 15) is 13.4 Å². The van der Waals surface area contributed by atoms with Crippen molar-refractivity contribution in [3.8, 4) is 0 Å². The van der Waals surface area contributed by atoms with Crippen molar-refractivity contribution < 1.29 is 13.4 Å². The van der Waals surface area contributed by atoms with Gasteiger partial charge in [0, 0.05) is 16.4 Å². The van der Waals surface area contributed by atoms with Crippen molar-refractivity contribution in [2.24, 2.45) is 0 Å². The van der Waals surface area contributed by atoms with Gasteiger partial charge in [0.05, 0.1) is 28.3 Å². The largest absolute Gasteiger partial charge is 0.306 e. The van der Waals surface area contributed by atoms with Gasteiger partial charge in [-0.05, 0) is 32.9 Å². The van der Waals surface area contributed by atoms with Crippen LogP contribution >= 0.6 is 0 Å². The molecule has 2 heterocycles. The lowest BCUT2D eigenvalue weighted by Crippen LogP contribution is -2.27. The second kappa shape index (κ2) is 5.56. The van der Waals surface area contributed by atoms with E-state index in [0.717, 1.165) is 11.3 Å². The smallest absolute Gasteiger partial charge is 0.259 e. The minimum atomic E-state index is -0.998. The standard InChI is InChI=1S/C16H18FN3O2S/c1-16(2,3)20-14(11-8-23(22)9-13(11)19-20)18-15(21)10-6-4-5-7-12(10)17/h4-7H,8-9H2,1-3H3,(H,18,21)/t23-/m0/s1. The molecular formula is C16H18FN3O2S. The number of anilines is 1. The Balaban J connectivity index is 2.01. The minimum Gasteiger partial charge on any atom is -0.306 e. The van der Waals surface area contributed by atoms with Crippen LogP contribution in [-0.2, 0) is 27.8 Å². The molecule has 0 aliphatic carbocycles. The highest BCUT2D eigenvalue weighted by Gasteiger charge is 2.31. The van der Waals surface area contributed by atoms with Crippen LogP contribution in [0.5, 0.6) is 0 Å². The molecule has 1 atom stereocenters. The molecule has 122 valence electrons. The summed E-state index contributed by atoms with van der Waals surface area (Å²) in [5.74, 6) is 0.145. The van der Waals surface area contributed by atoms with Crippen LogP contribution < -0.4 is 5.32 Å². The molecule has 5 nitrogen and oxygen atoms in total. The van der Waals surface area contributed by atoms with Crippen LogP contribution in [0.4, 0.5) is 10.2 Å². The second-order valence-electron chi connectivity index (χ2n) is 6.52. The quantitative estimate of drug-likeness (QED) is 0.918. The van der Waals surface area contributed by atoms with Crippen molar-refractivity contribution >= 4 is 22.5 Å². The first-order chi connectivity index (χ1) is 10.8. The maximum Gasteiger partial charge on any atom is 0.259 e. The molecule has 3 rings (SSSR count). The van der Waals surface area contributed by atoms with E-state index in [-0.39, 0.29) is 11.1 Å². The average Bonchev–Trinajstić information content (AvgIpc) is 2.96. The highest BCUT2D eigenvalue weighted by atomic mass is 32.2. The van der Waals surface area contributed by atoms with Crippen molar-refractivity contribution in [1.82, 2.24) is 9.78 Å². The van der Waals surface area contributed by atoms with Crippen molar-refractivity contribution in [3.05, 3.63) is 46.9 Å². The van der Waals surface area contributed by atoms with E-state index >= 15 is 0 Å². The monoisotopic (exact) mass is 335 g/mol. The Morgan fingerprint density at radius 1 is 1.30 bits per heavy atom. The maximum atomic E-state index is 13.8. The van der Waals surface area contributed by atoms with Crippen LogP contribution in [0, 0.1) is 5.82 Å². The number of rotatable bonds is 2. The molecular weight excluding hydrogens is 317 g/mol. The predicted octanol–water partition coefficient (Wildman–Crippen LogP) is 2.79. The molecule has 0 saturated carbocycles. The summed E-state index contributed by atoms with van der Waals surface area (Å²) in [5.41, 5.74) is 1.14. The maximum absolute atomic E-state index is 13.8. The van der Waals surface area contributed by atoms with Crippen molar-refractivity contribution in [3.63, 3.8) is 0 Å². The summed E-state index contributed by atoms with van der Waals surface area (Å²) in [6.45, 7) is 5.89. The molecule has 1 aromatic heterocycles. The van der Waals surface area contributed by atoms with Crippen LogP contribution in [0.15, 0.2) is 24.3 Å². The van der Waals surface area contributed by atoms with Gasteiger partial charge in [0.1, 0.15) is 11.6 Å². The zero-order valence-corrected chi connectivity index (χ0v) is 14.0. The van der Waals surface area contributed by atoms with Crippen LogP contribution in [0.25, 0.3) is 0 Å². The Morgan fingerprint density at radius 3 is 2.65 bits per heavy atom. The minimum absolute atomic E-state index is 0.0259. The van der Waals surface area contributed by atoms with E-state index in [0.29, 0.717) is 17.3 Å². The van der Waals surface area contributed by atoms with Crippen LogP contribution in [-0.4, -0.2) is 19.9 Å². The average molecular weight is 335 g/mol. The Kier molecular flexibility index (Phi) is 3.83. The normalized spacial score (nSPS) is 17.1. The molecule has 1 amide bonds. The Bertz CT molecular complexity index is 808. The molecule has 0 radical (unpaired) electrons. The van der Waals surface area contributed by atoms with Gasteiger partial charge in [-0.3, -0.25) is 9.00 Å². The number of hydrogen-bond donors (Lipinski definition) is 1. The lowest BCUT2D eigenvalue weighted by molar-refractivity contribution is 0.102. The van der Waals surface area contributed by atoms with Gasteiger partial charge >= 0.3 is 0 Å². The third-order valence-corrected chi connectivity index (χ3v) is 4.86. The summed E-state index contributed by atoms with van der Waals surface area (Å²) in [6.07, 6.45) is 0. The Hall–Kier alpha value is -2.02. The van der Waals surface area contributed by atoms with Crippen LogP contribution in [0.2, 0.25) is 0 Å². The number of hydrogen-bond acceptors (Lipinski definition) is 3. The van der Waals surface area contributed by atoms with Crippen molar-refractivity contribution in [1.29, 1.82) is 0 Å². The van der Waals surface area contributed by atoms with Gasteiger partial charge in [-0.25, -0.2) is 9.07 Å². The fraction of sp³-hybridized carbons (Fsp3) is 0.375. The summed E-state index contributed by atoms with van der Waals surface area (Å²) >= 11 is 0. The van der Waals surface area contributed by atoms with Gasteiger partial charge in [-0.1, -0.05) is 12.1 Å². The number of nitrogens with one attached hydrogen (secondary N) is 1. The summed E-state index contributed by atoms with van der Waals surface area (Å²) in [7, 11) is -0.998. The number of nitrogens with zero attached hydrogens (tertiary/aromatic N) is 2. The second-order valence-corrected chi connectivity index (χ2v) is 7.98. The number of carbonyl (C=O) groups excluding carboxylic acids is 1. The van der Waals surface area contributed by atoms with Crippen LogP contribution in [0.3, 0.4) is 0 Å². The van der Waals surface area contributed by atoms with Crippen molar-refractivity contribution in [2.45, 2.75) is 37.8 Å². The lowest BCUT2D eigenvalue weighted by atomic mass is 10.1. The first-order valence-corrected chi connectivity index (χ1v) is 8.78. The predicted molar refractivity (Wildman–Crippen MR) is 87.1 cm³/mol. The van der Waals surface area contributed by atoms with Gasteiger partial charge in [-0.15, -0.1) is 0 Å². The lowest BCUT2D eigenvalue weighted by Gasteiger charge is -2.23. The van der Waals surface area contributed by atoms with E-state index in [2.05, 4.69) is 10.4 Å². The molecule has 1 N–H and O–H groups in total. The fourth-order valence-corrected chi connectivity index (χ4v) is 3.83. The Morgan fingerprint density at radius 2 is 2.00 bits per heavy atom. The molecule has 23 heavy (non-hydrogen) atoms. The molecule has 1 aliphatic rings. The van der Waals surface area contributed by atoms with Gasteiger partial charge < -0.3 is 5.32 Å². The molecule has 1 aromatic carbocycles. The number of halogens is 1. The zero-order chi connectivity index (χ0) is 16.8. The summed E-state index contributed by atoms with van der Waals surface area (Å²) in [5, 5.41) is 7.26. The summed E-state index contributed by atoms with van der Waals surface area (Å²) in [6, 6.07) is 5.82. The zero-order valence-electron chi connectivity index (χ0n) is 13.2. The molecule has 1 aliphatic heterocycles. The molecule has 7 heteroatoms. The van der Waals surface area contributed by atoms with Gasteiger partial charge in [-0.2, -0.15) is 5.10 Å². The molecule has 0 bridgehead atoms. The fourth-order valence-electron chi connectivity index (χ4n) is 2.56. The van der Waals surface area contributed by atoms with E-state index in [1.54, 1.807) is 10.7 Å². The third kappa shape index (κ3) is 2.93. The summed E-state index contributed by atoms with van der Waals surface area (Å²) in [4.78, 5) is 12.4. The SMILES string of the molecule is CC(C)(C)n1nc2c(c1NC(=O)c1ccccc1F)C[S@](=O)C2. The summed E-state index contributed by atoms with van der Waals surface area (Å²) < 4.78 is 27.3. The van der Waals surface area contributed by atoms with Crippen molar-refractivity contribution in [2.75, 3.05) is 5.32 Å². The number of fused-ring (bicyclic) bond motifs is 1. The number of amides is 1. The highest BCUT2D eigenvalue weighted by Crippen LogP contribution is 2.33. The van der Waals surface area contributed by atoms with E-state index in [1.165, 1.54) is 18.2 Å². The molecule has 2 aromatic rings. The van der Waals surface area contributed by atoms with Crippen LogP contribution in [0.1, 0.15) is 42.4 Å². The third-order valence-electron chi connectivity index (χ3n) is 3.66. The van der Waals surface area contributed by atoms with E-state index in [1.807, 2.05) is 20.8 Å².